The Bertz CT molecular complexity index is 462. The SMILES string of the molecule is NCCc1ccn(Cc2cccc(O)c2)c1. The number of hydrogen-bond donors (Lipinski definition) is 2. The molecule has 3 nitrogen and oxygen atoms in total. The number of phenolic OH excluding ortho intramolecular Hbond substituents is 1. The molecule has 0 spiro atoms. The third kappa shape index (κ3) is 2.64. The molecule has 1 aromatic carbocycles. The molecular formula is C13H16N2O. The van der Waals surface area contributed by atoms with Crippen LogP contribution in [0.15, 0.2) is 42.7 Å². The maximum atomic E-state index is 9.35. The van der Waals surface area contributed by atoms with Crippen LogP contribution in [0, 0.1) is 0 Å². The third-order valence-corrected chi connectivity index (χ3v) is 2.52. The van der Waals surface area contributed by atoms with E-state index in [0.29, 0.717) is 12.3 Å². The molecule has 1 aromatic heterocycles. The fraction of sp³-hybridized carbons (Fsp3) is 0.231. The van der Waals surface area contributed by atoms with Gasteiger partial charge >= 0.3 is 0 Å². The topological polar surface area (TPSA) is 51.2 Å². The summed E-state index contributed by atoms with van der Waals surface area (Å²) in [5, 5.41) is 9.35. The van der Waals surface area contributed by atoms with E-state index in [4.69, 9.17) is 5.73 Å². The number of nitrogens with two attached hydrogens (primary N) is 1. The summed E-state index contributed by atoms with van der Waals surface area (Å²) < 4.78 is 2.10. The smallest absolute Gasteiger partial charge is 0.115 e. The maximum absolute atomic E-state index is 9.35. The first-order chi connectivity index (χ1) is 7.78. The van der Waals surface area contributed by atoms with Crippen LogP contribution in [-0.4, -0.2) is 16.2 Å². The number of phenols is 1. The molecule has 2 aromatic rings. The Kier molecular flexibility index (Phi) is 3.27. The van der Waals surface area contributed by atoms with Gasteiger partial charge in [-0.3, -0.25) is 0 Å². The minimum Gasteiger partial charge on any atom is -0.508 e. The van der Waals surface area contributed by atoms with Crippen molar-refractivity contribution in [2.45, 2.75) is 13.0 Å². The first-order valence-corrected chi connectivity index (χ1v) is 5.40. The van der Waals surface area contributed by atoms with Gasteiger partial charge < -0.3 is 15.4 Å². The highest BCUT2D eigenvalue weighted by molar-refractivity contribution is 5.27. The number of aromatic hydroxyl groups is 1. The molecule has 3 heteroatoms. The highest BCUT2D eigenvalue weighted by atomic mass is 16.3. The van der Waals surface area contributed by atoms with Crippen molar-refractivity contribution < 1.29 is 5.11 Å². The molecular weight excluding hydrogens is 200 g/mol. The Hall–Kier alpha value is -1.74. The van der Waals surface area contributed by atoms with E-state index in [9.17, 15) is 5.11 Å². The van der Waals surface area contributed by atoms with Crippen molar-refractivity contribution in [2.75, 3.05) is 6.54 Å². The number of aromatic nitrogens is 1. The molecule has 1 heterocycles. The van der Waals surface area contributed by atoms with Crippen molar-refractivity contribution in [3.8, 4) is 5.75 Å². The van der Waals surface area contributed by atoms with Gasteiger partial charge in [0.25, 0.3) is 0 Å². The van der Waals surface area contributed by atoms with Crippen molar-refractivity contribution in [3.63, 3.8) is 0 Å². The van der Waals surface area contributed by atoms with E-state index in [1.807, 2.05) is 18.3 Å². The van der Waals surface area contributed by atoms with Crippen molar-refractivity contribution in [1.82, 2.24) is 4.57 Å². The van der Waals surface area contributed by atoms with Gasteiger partial charge in [-0.05, 0) is 42.3 Å². The van der Waals surface area contributed by atoms with Gasteiger partial charge in [0.1, 0.15) is 5.75 Å². The molecule has 2 rings (SSSR count). The lowest BCUT2D eigenvalue weighted by Gasteiger charge is -2.03. The van der Waals surface area contributed by atoms with Gasteiger partial charge in [0, 0.05) is 18.9 Å². The monoisotopic (exact) mass is 216 g/mol. The van der Waals surface area contributed by atoms with E-state index in [-0.39, 0.29) is 0 Å². The molecule has 0 bridgehead atoms. The third-order valence-electron chi connectivity index (χ3n) is 2.52. The van der Waals surface area contributed by atoms with E-state index in [2.05, 4.69) is 16.8 Å². The Morgan fingerprint density at radius 1 is 1.19 bits per heavy atom. The van der Waals surface area contributed by atoms with Gasteiger partial charge in [-0.15, -0.1) is 0 Å². The van der Waals surface area contributed by atoms with Crippen molar-refractivity contribution in [1.29, 1.82) is 0 Å². The van der Waals surface area contributed by atoms with Crippen LogP contribution in [0.1, 0.15) is 11.1 Å². The summed E-state index contributed by atoms with van der Waals surface area (Å²) in [5.41, 5.74) is 7.84. The number of rotatable bonds is 4. The van der Waals surface area contributed by atoms with Crippen LogP contribution in [-0.2, 0) is 13.0 Å². The molecule has 0 aliphatic heterocycles. The molecule has 0 radical (unpaired) electrons. The predicted octanol–water partition coefficient (Wildman–Crippen LogP) is 1.74. The van der Waals surface area contributed by atoms with Crippen LogP contribution in [0.25, 0.3) is 0 Å². The molecule has 0 amide bonds. The van der Waals surface area contributed by atoms with Crippen molar-refractivity contribution in [2.24, 2.45) is 5.73 Å². The van der Waals surface area contributed by atoms with Gasteiger partial charge in [0.05, 0.1) is 0 Å². The van der Waals surface area contributed by atoms with Crippen molar-refractivity contribution in [3.05, 3.63) is 53.9 Å². The lowest BCUT2D eigenvalue weighted by Crippen LogP contribution is -2.02. The summed E-state index contributed by atoms with van der Waals surface area (Å²) in [6, 6.07) is 9.40. The molecule has 0 saturated carbocycles. The van der Waals surface area contributed by atoms with Crippen LogP contribution >= 0.6 is 0 Å². The Balaban J connectivity index is 2.08. The molecule has 0 aliphatic carbocycles. The molecule has 0 atom stereocenters. The number of hydrogen-bond acceptors (Lipinski definition) is 2. The van der Waals surface area contributed by atoms with Gasteiger partial charge in [0.15, 0.2) is 0 Å². The Morgan fingerprint density at radius 3 is 2.81 bits per heavy atom. The fourth-order valence-electron chi connectivity index (χ4n) is 1.77. The number of benzene rings is 1. The van der Waals surface area contributed by atoms with Crippen LogP contribution in [0.4, 0.5) is 0 Å². The number of nitrogens with zero attached hydrogens (tertiary/aromatic N) is 1. The van der Waals surface area contributed by atoms with E-state index < -0.39 is 0 Å². The minimum absolute atomic E-state index is 0.312. The molecule has 0 aliphatic rings. The van der Waals surface area contributed by atoms with Gasteiger partial charge in [-0.2, -0.15) is 0 Å². The Labute approximate surface area is 95.1 Å². The molecule has 3 N–H and O–H groups in total. The summed E-state index contributed by atoms with van der Waals surface area (Å²) >= 11 is 0. The van der Waals surface area contributed by atoms with Gasteiger partial charge in [-0.1, -0.05) is 12.1 Å². The largest absolute Gasteiger partial charge is 0.508 e. The molecule has 0 saturated heterocycles. The van der Waals surface area contributed by atoms with Gasteiger partial charge in [0.2, 0.25) is 0 Å². The standard InChI is InChI=1S/C13H16N2O/c14-6-4-11-5-7-15(9-11)10-12-2-1-3-13(16)8-12/h1-3,5,7-9,16H,4,6,10,14H2. The van der Waals surface area contributed by atoms with E-state index >= 15 is 0 Å². The Morgan fingerprint density at radius 2 is 2.06 bits per heavy atom. The summed E-state index contributed by atoms with van der Waals surface area (Å²) in [4.78, 5) is 0. The highest BCUT2D eigenvalue weighted by Gasteiger charge is 1.98. The molecule has 0 fully saturated rings. The summed E-state index contributed by atoms with van der Waals surface area (Å²) in [6.07, 6.45) is 5.04. The zero-order valence-electron chi connectivity index (χ0n) is 9.13. The first kappa shape index (κ1) is 10.8. The maximum Gasteiger partial charge on any atom is 0.115 e. The summed E-state index contributed by atoms with van der Waals surface area (Å²) in [6.45, 7) is 1.45. The fourth-order valence-corrected chi connectivity index (χ4v) is 1.77. The second-order valence-electron chi connectivity index (χ2n) is 3.90. The zero-order chi connectivity index (χ0) is 11.4. The van der Waals surface area contributed by atoms with E-state index in [0.717, 1.165) is 18.5 Å². The normalized spacial score (nSPS) is 10.6. The average molecular weight is 216 g/mol. The summed E-state index contributed by atoms with van der Waals surface area (Å²) in [5.74, 6) is 0.312. The van der Waals surface area contributed by atoms with Crippen molar-refractivity contribution >= 4 is 0 Å². The van der Waals surface area contributed by atoms with Gasteiger partial charge in [-0.25, -0.2) is 0 Å². The molecule has 16 heavy (non-hydrogen) atoms. The molecule has 0 unspecified atom stereocenters. The lowest BCUT2D eigenvalue weighted by molar-refractivity contribution is 0.474. The summed E-state index contributed by atoms with van der Waals surface area (Å²) in [7, 11) is 0. The van der Waals surface area contributed by atoms with Crippen LogP contribution in [0.2, 0.25) is 0 Å². The second kappa shape index (κ2) is 4.86. The predicted molar refractivity (Wildman–Crippen MR) is 64.4 cm³/mol. The minimum atomic E-state index is 0.312. The van der Waals surface area contributed by atoms with Crippen LogP contribution < -0.4 is 5.73 Å². The second-order valence-corrected chi connectivity index (χ2v) is 3.90. The average Bonchev–Trinajstić information content (AvgIpc) is 2.66. The lowest BCUT2D eigenvalue weighted by atomic mass is 10.2. The van der Waals surface area contributed by atoms with Crippen LogP contribution in [0.3, 0.4) is 0 Å². The quantitative estimate of drug-likeness (QED) is 0.818. The zero-order valence-corrected chi connectivity index (χ0v) is 9.13. The highest BCUT2D eigenvalue weighted by Crippen LogP contribution is 2.13. The van der Waals surface area contributed by atoms with E-state index in [1.165, 1.54) is 5.56 Å². The van der Waals surface area contributed by atoms with E-state index in [1.54, 1.807) is 12.1 Å². The van der Waals surface area contributed by atoms with Crippen LogP contribution in [0.5, 0.6) is 5.75 Å². The molecule has 84 valence electrons. The first-order valence-electron chi connectivity index (χ1n) is 5.40.